The van der Waals surface area contributed by atoms with Crippen LogP contribution in [0.4, 0.5) is 0 Å². The van der Waals surface area contributed by atoms with Gasteiger partial charge in [-0.2, -0.15) is 0 Å². The molecule has 0 aromatic rings. The first-order chi connectivity index (χ1) is 9.79. The Morgan fingerprint density at radius 3 is 2.85 bits per heavy atom. The molecule has 0 bridgehead atoms. The number of hydrogen-bond acceptors (Lipinski definition) is 2. The van der Waals surface area contributed by atoms with Crippen molar-refractivity contribution >= 4 is 0 Å². The molecule has 2 nitrogen and oxygen atoms in total. The molecule has 1 aliphatic carbocycles. The Hall–Kier alpha value is -1.28. The smallest absolute Gasteiger partial charge is 0.0876 e. The molecule has 0 unspecified atom stereocenters. The van der Waals surface area contributed by atoms with E-state index >= 15 is 0 Å². The van der Waals surface area contributed by atoms with Gasteiger partial charge >= 0.3 is 0 Å². The molecule has 20 heavy (non-hydrogen) atoms. The summed E-state index contributed by atoms with van der Waals surface area (Å²) in [5, 5.41) is 0. The summed E-state index contributed by atoms with van der Waals surface area (Å²) in [6.07, 6.45) is 17.2. The van der Waals surface area contributed by atoms with E-state index in [1.807, 2.05) is 6.26 Å². The van der Waals surface area contributed by atoms with E-state index < -0.39 is 0 Å². The second kappa shape index (κ2) is 8.11. The fourth-order valence-electron chi connectivity index (χ4n) is 2.85. The van der Waals surface area contributed by atoms with E-state index in [-0.39, 0.29) is 0 Å². The number of rotatable bonds is 5. The molecule has 1 aliphatic heterocycles. The van der Waals surface area contributed by atoms with Gasteiger partial charge in [-0.3, -0.25) is 0 Å². The van der Waals surface area contributed by atoms with Crippen molar-refractivity contribution in [1.29, 1.82) is 0 Å². The van der Waals surface area contributed by atoms with Crippen molar-refractivity contribution in [3.05, 3.63) is 46.8 Å². The van der Waals surface area contributed by atoms with Gasteiger partial charge < -0.3 is 10.5 Å². The Labute approximate surface area is 123 Å². The Morgan fingerprint density at radius 2 is 2.10 bits per heavy atom. The van der Waals surface area contributed by atoms with Crippen LogP contribution in [-0.2, 0) is 4.74 Å². The maximum atomic E-state index is 5.53. The summed E-state index contributed by atoms with van der Waals surface area (Å²) >= 11 is 0. The molecule has 0 saturated heterocycles. The van der Waals surface area contributed by atoms with E-state index in [0.29, 0.717) is 6.54 Å². The zero-order chi connectivity index (χ0) is 14.2. The highest BCUT2D eigenvalue weighted by Crippen LogP contribution is 2.31. The highest BCUT2D eigenvalue weighted by Gasteiger charge is 2.13. The van der Waals surface area contributed by atoms with E-state index in [9.17, 15) is 0 Å². The SMILES string of the molecule is C/C(=C\CN)CC/C=C1/C=C(C2=COCCC2)CCC1. The predicted octanol–water partition coefficient (Wildman–Crippen LogP) is 4.40. The van der Waals surface area contributed by atoms with Crippen LogP contribution in [0.1, 0.15) is 51.9 Å². The van der Waals surface area contributed by atoms with Gasteiger partial charge in [0.05, 0.1) is 12.9 Å². The summed E-state index contributed by atoms with van der Waals surface area (Å²) in [5.74, 6) is 0. The van der Waals surface area contributed by atoms with E-state index in [2.05, 4.69) is 25.2 Å². The largest absolute Gasteiger partial charge is 0.501 e. The Bertz CT molecular complexity index is 440. The second-order valence-corrected chi connectivity index (χ2v) is 5.74. The maximum absolute atomic E-state index is 5.53. The topological polar surface area (TPSA) is 35.2 Å². The van der Waals surface area contributed by atoms with Gasteiger partial charge in [-0.15, -0.1) is 0 Å². The van der Waals surface area contributed by atoms with Crippen molar-refractivity contribution in [2.75, 3.05) is 13.2 Å². The average Bonchev–Trinajstić information content (AvgIpc) is 2.49. The summed E-state index contributed by atoms with van der Waals surface area (Å²) in [6, 6.07) is 0. The van der Waals surface area contributed by atoms with Crippen LogP contribution >= 0.6 is 0 Å². The van der Waals surface area contributed by atoms with E-state index in [0.717, 1.165) is 25.9 Å². The minimum Gasteiger partial charge on any atom is -0.501 e. The fourth-order valence-corrected chi connectivity index (χ4v) is 2.85. The Morgan fingerprint density at radius 1 is 1.25 bits per heavy atom. The minimum absolute atomic E-state index is 0.653. The average molecular weight is 273 g/mol. The molecule has 0 atom stereocenters. The van der Waals surface area contributed by atoms with Crippen LogP contribution in [0.5, 0.6) is 0 Å². The van der Waals surface area contributed by atoms with Crippen molar-refractivity contribution in [1.82, 2.24) is 0 Å². The Balaban J connectivity index is 1.94. The lowest BCUT2D eigenvalue weighted by atomic mass is 9.88. The summed E-state index contributed by atoms with van der Waals surface area (Å²) in [5.41, 5.74) is 11.3. The molecule has 0 spiro atoms. The third kappa shape index (κ3) is 4.68. The zero-order valence-corrected chi connectivity index (χ0v) is 12.7. The summed E-state index contributed by atoms with van der Waals surface area (Å²) in [4.78, 5) is 0. The van der Waals surface area contributed by atoms with Gasteiger partial charge in [0.2, 0.25) is 0 Å². The van der Waals surface area contributed by atoms with Gasteiger partial charge in [-0.25, -0.2) is 0 Å². The molecule has 2 N–H and O–H groups in total. The first-order valence-electron chi connectivity index (χ1n) is 7.86. The normalized spacial score (nSPS) is 22.3. The van der Waals surface area contributed by atoms with Crippen molar-refractivity contribution in [3.63, 3.8) is 0 Å². The molecule has 0 aromatic carbocycles. The first kappa shape index (κ1) is 15.1. The third-order valence-corrected chi connectivity index (χ3v) is 4.03. The monoisotopic (exact) mass is 273 g/mol. The molecular formula is C18H27NO. The van der Waals surface area contributed by atoms with Crippen LogP contribution in [0.3, 0.4) is 0 Å². The maximum Gasteiger partial charge on any atom is 0.0876 e. The van der Waals surface area contributed by atoms with Crippen LogP contribution in [-0.4, -0.2) is 13.2 Å². The van der Waals surface area contributed by atoms with E-state index in [1.54, 1.807) is 0 Å². The number of nitrogens with two attached hydrogens (primary N) is 1. The lowest BCUT2D eigenvalue weighted by Gasteiger charge is -2.20. The fraction of sp³-hybridized carbons (Fsp3) is 0.556. The molecule has 2 heteroatoms. The van der Waals surface area contributed by atoms with E-state index in [1.165, 1.54) is 48.0 Å². The van der Waals surface area contributed by atoms with Crippen molar-refractivity contribution < 1.29 is 4.74 Å². The zero-order valence-electron chi connectivity index (χ0n) is 12.7. The van der Waals surface area contributed by atoms with Crippen LogP contribution < -0.4 is 5.73 Å². The molecule has 0 aromatic heterocycles. The molecular weight excluding hydrogens is 246 g/mol. The number of allylic oxidation sites excluding steroid dienone is 6. The summed E-state index contributed by atoms with van der Waals surface area (Å²) < 4.78 is 5.47. The van der Waals surface area contributed by atoms with Crippen LogP contribution in [0.2, 0.25) is 0 Å². The van der Waals surface area contributed by atoms with Gasteiger partial charge in [0, 0.05) is 6.54 Å². The first-order valence-corrected chi connectivity index (χ1v) is 7.86. The third-order valence-electron chi connectivity index (χ3n) is 4.03. The second-order valence-electron chi connectivity index (χ2n) is 5.74. The molecule has 110 valence electrons. The number of hydrogen-bond donors (Lipinski definition) is 1. The lowest BCUT2D eigenvalue weighted by molar-refractivity contribution is 0.226. The molecule has 0 radical (unpaired) electrons. The molecule has 1 heterocycles. The standard InChI is InChI=1S/C18H27NO/c1-15(10-11-19)5-2-6-16-7-3-8-17(13-16)18-9-4-12-20-14-18/h6,10,13-14H,2-5,7-9,11-12,19H2,1H3/b15-10+,16-6+. The van der Waals surface area contributed by atoms with Crippen molar-refractivity contribution in [3.8, 4) is 0 Å². The lowest BCUT2D eigenvalue weighted by Crippen LogP contribution is -2.04. The van der Waals surface area contributed by atoms with Gasteiger partial charge in [0.25, 0.3) is 0 Å². The quantitative estimate of drug-likeness (QED) is 0.753. The molecule has 0 fully saturated rings. The molecule has 2 rings (SSSR count). The summed E-state index contributed by atoms with van der Waals surface area (Å²) in [7, 11) is 0. The molecule has 2 aliphatic rings. The van der Waals surface area contributed by atoms with Gasteiger partial charge in [0.1, 0.15) is 0 Å². The van der Waals surface area contributed by atoms with Gasteiger partial charge in [0.15, 0.2) is 0 Å². The predicted molar refractivity (Wildman–Crippen MR) is 85.3 cm³/mol. The Kier molecular flexibility index (Phi) is 6.13. The van der Waals surface area contributed by atoms with Crippen LogP contribution in [0.15, 0.2) is 46.8 Å². The minimum atomic E-state index is 0.653. The van der Waals surface area contributed by atoms with Crippen LogP contribution in [0, 0.1) is 0 Å². The van der Waals surface area contributed by atoms with Crippen molar-refractivity contribution in [2.24, 2.45) is 5.73 Å². The molecule has 0 amide bonds. The summed E-state index contributed by atoms with van der Waals surface area (Å²) in [6.45, 7) is 3.70. The van der Waals surface area contributed by atoms with E-state index in [4.69, 9.17) is 10.5 Å². The van der Waals surface area contributed by atoms with Gasteiger partial charge in [-0.1, -0.05) is 29.4 Å². The van der Waals surface area contributed by atoms with Crippen molar-refractivity contribution in [2.45, 2.75) is 51.9 Å². The van der Waals surface area contributed by atoms with Gasteiger partial charge in [-0.05, 0) is 63.0 Å². The van der Waals surface area contributed by atoms with Crippen LogP contribution in [0.25, 0.3) is 0 Å². The number of ether oxygens (including phenoxy) is 1. The molecule has 0 saturated carbocycles. The highest BCUT2D eigenvalue weighted by atomic mass is 16.5. The highest BCUT2D eigenvalue weighted by molar-refractivity contribution is 5.39.